The topological polar surface area (TPSA) is 69.0 Å². The van der Waals surface area contributed by atoms with Crippen molar-refractivity contribution in [3.05, 3.63) is 76.6 Å². The lowest BCUT2D eigenvalue weighted by Gasteiger charge is -2.16. The highest BCUT2D eigenvalue weighted by molar-refractivity contribution is 7.99. The molecule has 0 aliphatic heterocycles. The van der Waals surface area contributed by atoms with Crippen LogP contribution < -0.4 is 10.1 Å². The molecule has 0 aliphatic rings. The maximum Gasteiger partial charge on any atom is 0.234 e. The van der Waals surface area contributed by atoms with Gasteiger partial charge in [-0.25, -0.2) is 0 Å². The molecule has 1 atom stereocenters. The Bertz CT molecular complexity index is 1090. The summed E-state index contributed by atoms with van der Waals surface area (Å²) in [6.45, 7) is 8.02. The van der Waals surface area contributed by atoms with Crippen LogP contribution in [0.3, 0.4) is 0 Å². The van der Waals surface area contributed by atoms with Gasteiger partial charge in [0, 0.05) is 17.3 Å². The number of allylic oxidation sites excluding steroid dienone is 1. The first-order chi connectivity index (χ1) is 14.9. The molecular formula is C22H22Cl2N4O2S. The number of aromatic nitrogens is 3. The number of carbonyl (C=O) groups is 1. The third-order valence-electron chi connectivity index (χ3n) is 4.44. The molecular weight excluding hydrogens is 455 g/mol. The number of hydrogen-bond donors (Lipinski definition) is 1. The van der Waals surface area contributed by atoms with Gasteiger partial charge in [0.1, 0.15) is 5.75 Å². The van der Waals surface area contributed by atoms with E-state index in [1.807, 2.05) is 36.6 Å². The first-order valence-electron chi connectivity index (χ1n) is 9.53. The summed E-state index contributed by atoms with van der Waals surface area (Å²) in [5.74, 6) is 1.19. The summed E-state index contributed by atoms with van der Waals surface area (Å²) in [5, 5.41) is 13.1. The van der Waals surface area contributed by atoms with E-state index in [9.17, 15) is 4.79 Å². The van der Waals surface area contributed by atoms with Gasteiger partial charge in [-0.05, 0) is 43.7 Å². The highest BCUT2D eigenvalue weighted by Crippen LogP contribution is 2.29. The Morgan fingerprint density at radius 1 is 1.23 bits per heavy atom. The van der Waals surface area contributed by atoms with Crippen molar-refractivity contribution in [1.29, 1.82) is 0 Å². The van der Waals surface area contributed by atoms with Crippen LogP contribution in [0.2, 0.25) is 10.0 Å². The van der Waals surface area contributed by atoms with Gasteiger partial charge in [0.05, 0.1) is 10.8 Å². The Balaban J connectivity index is 1.69. The van der Waals surface area contributed by atoms with Crippen molar-refractivity contribution in [3.63, 3.8) is 0 Å². The number of nitrogens with one attached hydrogen (secondary N) is 1. The van der Waals surface area contributed by atoms with E-state index in [-0.39, 0.29) is 11.7 Å². The van der Waals surface area contributed by atoms with Crippen molar-refractivity contribution >= 4 is 46.6 Å². The summed E-state index contributed by atoms with van der Waals surface area (Å²) in [6.07, 6.45) is 1.35. The van der Waals surface area contributed by atoms with Gasteiger partial charge >= 0.3 is 0 Å². The Kier molecular flexibility index (Phi) is 8.01. The molecule has 0 saturated carbocycles. The molecule has 0 spiro atoms. The van der Waals surface area contributed by atoms with E-state index < -0.39 is 6.10 Å². The van der Waals surface area contributed by atoms with Gasteiger partial charge in [0.25, 0.3) is 0 Å². The van der Waals surface area contributed by atoms with Crippen LogP contribution >= 0.6 is 35.0 Å². The van der Waals surface area contributed by atoms with Gasteiger partial charge in [-0.3, -0.25) is 9.36 Å². The molecule has 3 aromatic rings. The van der Waals surface area contributed by atoms with Gasteiger partial charge in [-0.1, -0.05) is 59.2 Å². The van der Waals surface area contributed by atoms with Crippen LogP contribution in [0.1, 0.15) is 24.4 Å². The van der Waals surface area contributed by atoms with E-state index in [0.29, 0.717) is 39.0 Å². The lowest BCUT2D eigenvalue weighted by atomic mass is 10.2. The van der Waals surface area contributed by atoms with E-state index in [1.54, 1.807) is 30.3 Å². The summed E-state index contributed by atoms with van der Waals surface area (Å²) in [7, 11) is 0. The second-order valence-corrected chi connectivity index (χ2v) is 8.44. The summed E-state index contributed by atoms with van der Waals surface area (Å²) in [4.78, 5) is 12.4. The zero-order chi connectivity index (χ0) is 22.4. The smallest absolute Gasteiger partial charge is 0.234 e. The third kappa shape index (κ3) is 5.81. The second kappa shape index (κ2) is 10.7. The Labute approximate surface area is 195 Å². The van der Waals surface area contributed by atoms with Crippen LogP contribution in [-0.2, 0) is 11.3 Å². The highest BCUT2D eigenvalue weighted by Gasteiger charge is 2.20. The van der Waals surface area contributed by atoms with Gasteiger partial charge in [0.2, 0.25) is 5.91 Å². The van der Waals surface area contributed by atoms with Crippen LogP contribution in [-0.4, -0.2) is 26.4 Å². The van der Waals surface area contributed by atoms with Gasteiger partial charge in [-0.15, -0.1) is 16.8 Å². The fourth-order valence-electron chi connectivity index (χ4n) is 2.85. The highest BCUT2D eigenvalue weighted by atomic mass is 35.5. The van der Waals surface area contributed by atoms with Crippen LogP contribution in [0.4, 0.5) is 5.69 Å². The summed E-state index contributed by atoms with van der Waals surface area (Å²) in [6, 6.07) is 12.6. The first-order valence-corrected chi connectivity index (χ1v) is 11.3. The maximum atomic E-state index is 12.4. The van der Waals surface area contributed by atoms with E-state index in [0.717, 1.165) is 5.56 Å². The monoisotopic (exact) mass is 476 g/mol. The number of hydrogen-bond acceptors (Lipinski definition) is 5. The van der Waals surface area contributed by atoms with E-state index >= 15 is 0 Å². The molecule has 1 aromatic heterocycles. The van der Waals surface area contributed by atoms with Crippen LogP contribution in [0, 0.1) is 6.92 Å². The van der Waals surface area contributed by atoms with Crippen molar-refractivity contribution in [3.8, 4) is 5.75 Å². The molecule has 0 aliphatic carbocycles. The van der Waals surface area contributed by atoms with E-state index in [1.165, 1.54) is 11.8 Å². The number of benzene rings is 2. The molecule has 1 heterocycles. The molecule has 0 fully saturated rings. The zero-order valence-electron chi connectivity index (χ0n) is 17.1. The fourth-order valence-corrected chi connectivity index (χ4v) is 3.96. The van der Waals surface area contributed by atoms with Gasteiger partial charge in [0.15, 0.2) is 17.1 Å². The normalized spacial score (nSPS) is 11.7. The van der Waals surface area contributed by atoms with Crippen molar-refractivity contribution in [2.75, 3.05) is 11.1 Å². The van der Waals surface area contributed by atoms with Gasteiger partial charge < -0.3 is 10.1 Å². The molecule has 3 rings (SSSR count). The average Bonchev–Trinajstić information content (AvgIpc) is 3.14. The Hall–Kier alpha value is -2.48. The molecule has 0 saturated heterocycles. The minimum Gasteiger partial charge on any atom is -0.481 e. The van der Waals surface area contributed by atoms with Gasteiger partial charge in [-0.2, -0.15) is 0 Å². The number of carbonyl (C=O) groups excluding carboxylic acids is 1. The zero-order valence-corrected chi connectivity index (χ0v) is 19.5. The number of anilines is 1. The number of nitrogens with zero attached hydrogens (tertiary/aromatic N) is 3. The van der Waals surface area contributed by atoms with Crippen molar-refractivity contribution in [2.45, 2.75) is 31.7 Å². The number of rotatable bonds is 9. The lowest BCUT2D eigenvalue weighted by Crippen LogP contribution is -2.16. The maximum absolute atomic E-state index is 12.4. The number of ether oxygens (including phenoxy) is 1. The molecule has 0 radical (unpaired) electrons. The summed E-state index contributed by atoms with van der Waals surface area (Å²) >= 11 is 13.6. The minimum absolute atomic E-state index is 0.162. The van der Waals surface area contributed by atoms with Crippen molar-refractivity contribution < 1.29 is 9.53 Å². The quantitative estimate of drug-likeness (QED) is 0.305. The number of thioether (sulfide) groups is 1. The second-order valence-electron chi connectivity index (χ2n) is 6.68. The lowest BCUT2D eigenvalue weighted by molar-refractivity contribution is -0.113. The standard InChI is InChI=1S/C22H22Cl2N4O2S/c1-4-12-28-21(15(3)30-19-11-6-5-8-17(19)24)26-27-22(28)31-13-20(29)25-18-10-7-9-16(23)14(18)2/h4-11,15H,1,12-13H2,2-3H3,(H,25,29). The molecule has 2 aromatic carbocycles. The Morgan fingerprint density at radius 3 is 2.71 bits per heavy atom. The van der Waals surface area contributed by atoms with Crippen LogP contribution in [0.25, 0.3) is 0 Å². The average molecular weight is 477 g/mol. The fraction of sp³-hybridized carbons (Fsp3) is 0.227. The predicted octanol–water partition coefficient (Wildman–Crippen LogP) is 5.95. The molecule has 6 nitrogen and oxygen atoms in total. The molecule has 0 bridgehead atoms. The molecule has 9 heteroatoms. The summed E-state index contributed by atoms with van der Waals surface area (Å²) in [5.41, 5.74) is 1.51. The van der Waals surface area contributed by atoms with Crippen LogP contribution in [0.5, 0.6) is 5.75 Å². The minimum atomic E-state index is -0.398. The number of para-hydroxylation sites is 1. The molecule has 1 unspecified atom stereocenters. The first kappa shape index (κ1) is 23.2. The van der Waals surface area contributed by atoms with E-state index in [4.69, 9.17) is 27.9 Å². The molecule has 1 N–H and O–H groups in total. The van der Waals surface area contributed by atoms with Crippen molar-refractivity contribution in [2.24, 2.45) is 0 Å². The van der Waals surface area contributed by atoms with E-state index in [2.05, 4.69) is 22.1 Å². The molecule has 1 amide bonds. The number of amides is 1. The van der Waals surface area contributed by atoms with Crippen LogP contribution in [0.15, 0.2) is 60.3 Å². The number of halogens is 2. The summed E-state index contributed by atoms with van der Waals surface area (Å²) < 4.78 is 7.84. The Morgan fingerprint density at radius 2 is 1.97 bits per heavy atom. The van der Waals surface area contributed by atoms with Crippen molar-refractivity contribution in [1.82, 2.24) is 14.8 Å². The molecule has 162 valence electrons. The third-order valence-corrected chi connectivity index (χ3v) is 6.12. The predicted molar refractivity (Wildman–Crippen MR) is 126 cm³/mol. The largest absolute Gasteiger partial charge is 0.481 e. The SMILES string of the molecule is C=CCn1c(SCC(=O)Nc2cccc(Cl)c2C)nnc1C(C)Oc1ccccc1Cl. The molecule has 31 heavy (non-hydrogen) atoms.